The molecule has 1 N–H and O–H groups in total. The first-order valence-electron chi connectivity index (χ1n) is 15.5. The SMILES string of the molecule is CC[C@@H](CO)N1C(=O)[C@@H]2[C@@H]3C(=O)N(Cc4ccccc4)CC=C[C@]3(CC)O[C@@]23C=CCN(C2CCCCC2)C(=O)C13. The van der Waals surface area contributed by atoms with Crippen molar-refractivity contribution < 1.29 is 24.2 Å². The number of carbonyl (C=O) groups is 3. The van der Waals surface area contributed by atoms with Crippen LogP contribution in [0.1, 0.15) is 64.4 Å². The van der Waals surface area contributed by atoms with Gasteiger partial charge in [-0.05, 0) is 31.2 Å². The quantitative estimate of drug-likeness (QED) is 0.515. The zero-order chi connectivity index (χ0) is 28.8. The van der Waals surface area contributed by atoms with Crippen LogP contribution >= 0.6 is 0 Å². The summed E-state index contributed by atoms with van der Waals surface area (Å²) in [6, 6.07) is 8.54. The van der Waals surface area contributed by atoms with Crippen molar-refractivity contribution in [2.75, 3.05) is 19.7 Å². The summed E-state index contributed by atoms with van der Waals surface area (Å²) in [6.07, 6.45) is 14.1. The van der Waals surface area contributed by atoms with E-state index >= 15 is 0 Å². The molecule has 1 unspecified atom stereocenters. The number of carbonyl (C=O) groups excluding carboxylic acids is 3. The van der Waals surface area contributed by atoms with Crippen LogP contribution in [0.25, 0.3) is 0 Å². The van der Waals surface area contributed by atoms with Crippen LogP contribution in [0.15, 0.2) is 54.6 Å². The van der Waals surface area contributed by atoms with Gasteiger partial charge in [-0.3, -0.25) is 14.4 Å². The van der Waals surface area contributed by atoms with Gasteiger partial charge in [0.1, 0.15) is 11.6 Å². The number of nitrogens with zero attached hydrogens (tertiary/aromatic N) is 3. The molecule has 0 radical (unpaired) electrons. The lowest BCUT2D eigenvalue weighted by atomic mass is 9.73. The molecular weight excluding hydrogens is 518 g/mol. The van der Waals surface area contributed by atoms with E-state index in [1.165, 1.54) is 6.42 Å². The number of hydrogen-bond donors (Lipinski definition) is 1. The first-order valence-corrected chi connectivity index (χ1v) is 15.5. The topological polar surface area (TPSA) is 90.4 Å². The van der Waals surface area contributed by atoms with E-state index in [0.29, 0.717) is 32.5 Å². The molecule has 1 aliphatic carbocycles. The van der Waals surface area contributed by atoms with Crippen LogP contribution in [0.2, 0.25) is 0 Å². The van der Waals surface area contributed by atoms with Crippen LogP contribution in [-0.4, -0.2) is 86.6 Å². The number of likely N-dealkylation sites (tertiary alicyclic amines) is 1. The predicted molar refractivity (Wildman–Crippen MR) is 154 cm³/mol. The van der Waals surface area contributed by atoms with Crippen molar-refractivity contribution in [3.8, 4) is 0 Å². The summed E-state index contributed by atoms with van der Waals surface area (Å²) < 4.78 is 7.08. The molecule has 2 saturated heterocycles. The van der Waals surface area contributed by atoms with Gasteiger partial charge in [0.15, 0.2) is 0 Å². The zero-order valence-corrected chi connectivity index (χ0v) is 24.3. The summed E-state index contributed by atoms with van der Waals surface area (Å²) in [5.74, 6) is -2.13. The third-order valence-corrected chi connectivity index (χ3v) is 10.3. The Morgan fingerprint density at radius 2 is 1.66 bits per heavy atom. The molecule has 5 aliphatic rings. The number of hydrogen-bond acceptors (Lipinski definition) is 5. The van der Waals surface area contributed by atoms with Crippen LogP contribution in [0.5, 0.6) is 0 Å². The number of rotatable bonds is 7. The molecule has 3 fully saturated rings. The fourth-order valence-corrected chi connectivity index (χ4v) is 8.24. The van der Waals surface area contributed by atoms with E-state index in [1.807, 2.05) is 73.4 Å². The molecule has 1 aromatic carbocycles. The second-order valence-corrected chi connectivity index (χ2v) is 12.4. The first kappa shape index (κ1) is 28.2. The summed E-state index contributed by atoms with van der Waals surface area (Å²) in [5.41, 5.74) is -1.27. The molecule has 41 heavy (non-hydrogen) atoms. The maximum absolute atomic E-state index is 14.6. The van der Waals surface area contributed by atoms with Crippen LogP contribution in [-0.2, 0) is 25.7 Å². The Bertz CT molecular complexity index is 1220. The molecule has 4 heterocycles. The molecule has 0 bridgehead atoms. The Kier molecular flexibility index (Phi) is 7.57. The molecule has 1 aromatic rings. The van der Waals surface area contributed by atoms with Gasteiger partial charge in [0.05, 0.1) is 30.1 Å². The van der Waals surface area contributed by atoms with Crippen molar-refractivity contribution in [2.45, 2.75) is 94.7 Å². The number of fused-ring (bicyclic) bond motifs is 2. The maximum Gasteiger partial charge on any atom is 0.249 e. The van der Waals surface area contributed by atoms with E-state index < -0.39 is 35.1 Å². The molecule has 8 nitrogen and oxygen atoms in total. The highest BCUT2D eigenvalue weighted by atomic mass is 16.5. The average molecular weight is 562 g/mol. The van der Waals surface area contributed by atoms with Crippen LogP contribution in [0.4, 0.5) is 0 Å². The number of benzene rings is 1. The van der Waals surface area contributed by atoms with Crippen molar-refractivity contribution >= 4 is 17.7 Å². The lowest BCUT2D eigenvalue weighted by Crippen LogP contribution is -2.60. The van der Waals surface area contributed by atoms with Gasteiger partial charge in [-0.1, -0.05) is 87.7 Å². The largest absolute Gasteiger partial charge is 0.394 e. The van der Waals surface area contributed by atoms with Gasteiger partial charge < -0.3 is 24.5 Å². The smallest absolute Gasteiger partial charge is 0.249 e. The second kappa shape index (κ2) is 11.0. The molecular formula is C33H43N3O5. The van der Waals surface area contributed by atoms with Crippen molar-refractivity contribution in [1.29, 1.82) is 0 Å². The Hall–Kier alpha value is -2.97. The van der Waals surface area contributed by atoms with E-state index in [-0.39, 0.29) is 30.4 Å². The van der Waals surface area contributed by atoms with Gasteiger partial charge in [-0.25, -0.2) is 0 Å². The molecule has 0 aromatic heterocycles. The van der Waals surface area contributed by atoms with Gasteiger partial charge in [-0.15, -0.1) is 0 Å². The standard InChI is InChI=1S/C33H43N3O5/c1-3-24(22-37)36-28-31(40)35(25-15-9-6-10-16-25)20-12-18-33(28)27(30(36)39)26-29(38)34(21-23-13-7-5-8-14-23)19-11-17-32(26,4-2)41-33/h5,7-8,11-14,17-18,24-28,37H,3-4,6,9-10,15-16,19-22H2,1-2H3/t24-,26+,27-,28?,32-,33-/m0/s1. The fourth-order valence-electron chi connectivity index (χ4n) is 8.24. The number of amides is 3. The van der Waals surface area contributed by atoms with Gasteiger partial charge >= 0.3 is 0 Å². The Morgan fingerprint density at radius 1 is 0.927 bits per heavy atom. The third kappa shape index (κ3) is 4.36. The van der Waals surface area contributed by atoms with E-state index in [2.05, 4.69) is 0 Å². The Labute approximate surface area is 243 Å². The predicted octanol–water partition coefficient (Wildman–Crippen LogP) is 3.45. The summed E-state index contributed by atoms with van der Waals surface area (Å²) in [5, 5.41) is 10.4. The molecule has 3 amide bonds. The van der Waals surface area contributed by atoms with Crippen molar-refractivity contribution in [2.24, 2.45) is 11.8 Å². The van der Waals surface area contributed by atoms with Crippen LogP contribution in [0, 0.1) is 11.8 Å². The van der Waals surface area contributed by atoms with Crippen LogP contribution in [0.3, 0.4) is 0 Å². The summed E-state index contributed by atoms with van der Waals surface area (Å²) >= 11 is 0. The lowest BCUT2D eigenvalue weighted by Gasteiger charge is -2.42. The molecule has 1 spiro atoms. The molecule has 220 valence electrons. The van der Waals surface area contributed by atoms with E-state index in [4.69, 9.17) is 4.74 Å². The monoisotopic (exact) mass is 561 g/mol. The highest BCUT2D eigenvalue weighted by molar-refractivity contribution is 6.00. The van der Waals surface area contributed by atoms with E-state index in [1.54, 1.807) is 9.80 Å². The van der Waals surface area contributed by atoms with E-state index in [0.717, 1.165) is 31.2 Å². The van der Waals surface area contributed by atoms with Gasteiger partial charge in [0, 0.05) is 25.7 Å². The van der Waals surface area contributed by atoms with Crippen molar-refractivity contribution in [3.63, 3.8) is 0 Å². The van der Waals surface area contributed by atoms with Gasteiger partial charge in [-0.2, -0.15) is 0 Å². The van der Waals surface area contributed by atoms with Crippen molar-refractivity contribution in [3.05, 3.63) is 60.2 Å². The van der Waals surface area contributed by atoms with Gasteiger partial charge in [0.2, 0.25) is 17.7 Å². The highest BCUT2D eigenvalue weighted by Gasteiger charge is 2.76. The first-order chi connectivity index (χ1) is 19.9. The number of aliphatic hydroxyl groups is 1. The summed E-state index contributed by atoms with van der Waals surface area (Å²) in [7, 11) is 0. The minimum absolute atomic E-state index is 0.120. The minimum Gasteiger partial charge on any atom is -0.394 e. The zero-order valence-electron chi connectivity index (χ0n) is 24.3. The fraction of sp³-hybridized carbons (Fsp3) is 0.606. The van der Waals surface area contributed by atoms with E-state index in [9.17, 15) is 19.5 Å². The Morgan fingerprint density at radius 3 is 2.34 bits per heavy atom. The summed E-state index contributed by atoms with van der Waals surface area (Å²) in [4.78, 5) is 49.1. The maximum atomic E-state index is 14.6. The van der Waals surface area contributed by atoms with Crippen molar-refractivity contribution in [1.82, 2.24) is 14.7 Å². The normalized spacial score (nSPS) is 34.4. The second-order valence-electron chi connectivity index (χ2n) is 12.4. The minimum atomic E-state index is -1.28. The lowest BCUT2D eigenvalue weighted by molar-refractivity contribution is -0.158. The van der Waals surface area contributed by atoms with Gasteiger partial charge in [0.25, 0.3) is 0 Å². The molecule has 4 aliphatic heterocycles. The third-order valence-electron chi connectivity index (χ3n) is 10.3. The Balaban J connectivity index is 1.45. The number of ether oxygens (including phenoxy) is 1. The average Bonchev–Trinajstić information content (AvgIpc) is 3.29. The molecule has 8 heteroatoms. The molecule has 1 saturated carbocycles. The molecule has 6 atom stereocenters. The summed E-state index contributed by atoms with van der Waals surface area (Å²) in [6.45, 7) is 4.98. The molecule has 6 rings (SSSR count). The highest BCUT2D eigenvalue weighted by Crippen LogP contribution is 2.59. The van der Waals surface area contributed by atoms with Crippen LogP contribution < -0.4 is 0 Å². The number of aliphatic hydroxyl groups excluding tert-OH is 1.